The molecular formula is C8H8N2O4S. The molecule has 1 heterocycles. The normalized spacial score (nSPS) is 17.6. The number of hydrogen-bond donors (Lipinski definition) is 3. The van der Waals surface area contributed by atoms with E-state index in [-0.39, 0.29) is 17.1 Å². The molecule has 0 aliphatic carbocycles. The summed E-state index contributed by atoms with van der Waals surface area (Å²) >= 11 is 0. The van der Waals surface area contributed by atoms with Crippen molar-refractivity contribution in [3.63, 3.8) is 0 Å². The van der Waals surface area contributed by atoms with Crippen LogP contribution in [-0.2, 0) is 10.0 Å². The number of fused-ring (bicyclic) bond motifs is 1. The Hall–Kier alpha value is -1.60. The lowest BCUT2D eigenvalue weighted by molar-refractivity contribution is 0.0696. The predicted octanol–water partition coefficient (Wildman–Crippen LogP) is 0.0461. The van der Waals surface area contributed by atoms with E-state index in [1.165, 1.54) is 12.1 Å². The van der Waals surface area contributed by atoms with Crippen LogP contribution in [0.25, 0.3) is 0 Å². The summed E-state index contributed by atoms with van der Waals surface area (Å²) in [4.78, 5) is 10.6. The maximum absolute atomic E-state index is 11.5. The van der Waals surface area contributed by atoms with Gasteiger partial charge < -0.3 is 10.4 Å². The van der Waals surface area contributed by atoms with Crippen LogP contribution < -0.4 is 10.0 Å². The number of anilines is 1. The molecule has 0 amide bonds. The highest BCUT2D eigenvalue weighted by Gasteiger charge is 2.23. The summed E-state index contributed by atoms with van der Waals surface area (Å²) in [6, 6.07) is 3.93. The molecule has 0 unspecified atom stereocenters. The Bertz CT molecular complexity index is 523. The molecule has 0 bridgehead atoms. The number of carboxylic acid groups (broad SMARTS) is 1. The second-order valence-electron chi connectivity index (χ2n) is 3.02. The molecule has 1 aromatic rings. The fourth-order valence-electron chi connectivity index (χ4n) is 1.33. The van der Waals surface area contributed by atoms with Crippen LogP contribution >= 0.6 is 0 Å². The molecule has 1 aromatic carbocycles. The first kappa shape index (κ1) is 9.94. The maximum Gasteiger partial charge on any atom is 0.335 e. The van der Waals surface area contributed by atoms with Gasteiger partial charge in [0.05, 0.1) is 17.9 Å². The molecule has 0 aromatic heterocycles. The van der Waals surface area contributed by atoms with Gasteiger partial charge >= 0.3 is 5.97 Å². The summed E-state index contributed by atoms with van der Waals surface area (Å²) in [6.45, 7) is 0.113. The van der Waals surface area contributed by atoms with Crippen molar-refractivity contribution >= 4 is 21.7 Å². The van der Waals surface area contributed by atoms with Gasteiger partial charge in [0.25, 0.3) is 0 Å². The average molecular weight is 228 g/mol. The number of aromatic carboxylic acids is 1. The molecule has 1 aliphatic heterocycles. The molecule has 7 heteroatoms. The van der Waals surface area contributed by atoms with Gasteiger partial charge in [-0.2, -0.15) is 4.72 Å². The molecule has 0 spiro atoms. The van der Waals surface area contributed by atoms with Gasteiger partial charge in [0, 0.05) is 0 Å². The van der Waals surface area contributed by atoms with Crippen molar-refractivity contribution in [1.29, 1.82) is 0 Å². The van der Waals surface area contributed by atoms with Crippen LogP contribution in [0, 0.1) is 0 Å². The third kappa shape index (κ3) is 1.66. The highest BCUT2D eigenvalue weighted by Crippen LogP contribution is 2.24. The van der Waals surface area contributed by atoms with Gasteiger partial charge in [0.15, 0.2) is 0 Å². The summed E-state index contributed by atoms with van der Waals surface area (Å²) in [5.41, 5.74) is 0.363. The van der Waals surface area contributed by atoms with Crippen molar-refractivity contribution in [1.82, 2.24) is 4.72 Å². The van der Waals surface area contributed by atoms with Crippen molar-refractivity contribution in [3.05, 3.63) is 23.8 Å². The largest absolute Gasteiger partial charge is 0.478 e. The SMILES string of the molecule is O=C(O)c1ccc2c(c1)S(=O)(=O)NCN2. The van der Waals surface area contributed by atoms with Crippen molar-refractivity contribution in [2.45, 2.75) is 4.90 Å². The second-order valence-corrected chi connectivity index (χ2v) is 4.75. The average Bonchev–Trinajstić information content (AvgIpc) is 2.17. The molecule has 0 radical (unpaired) electrons. The van der Waals surface area contributed by atoms with E-state index in [0.717, 1.165) is 6.07 Å². The Morgan fingerprint density at radius 1 is 1.40 bits per heavy atom. The Balaban J connectivity index is 2.64. The summed E-state index contributed by atoms with van der Waals surface area (Å²) in [7, 11) is -3.57. The molecule has 15 heavy (non-hydrogen) atoms. The number of carbonyl (C=O) groups is 1. The standard InChI is InChI=1S/C8H8N2O4S/c11-8(12)5-1-2-6-7(3-5)15(13,14)10-4-9-6/h1-3,9-10H,4H2,(H,11,12). The zero-order valence-electron chi connectivity index (χ0n) is 7.52. The van der Waals surface area contributed by atoms with E-state index in [4.69, 9.17) is 5.11 Å². The number of benzene rings is 1. The van der Waals surface area contributed by atoms with Gasteiger partial charge in [-0.25, -0.2) is 13.2 Å². The fourth-order valence-corrected chi connectivity index (χ4v) is 2.46. The molecule has 0 saturated heterocycles. The van der Waals surface area contributed by atoms with Gasteiger partial charge in [-0.15, -0.1) is 0 Å². The molecule has 0 atom stereocenters. The lowest BCUT2D eigenvalue weighted by Gasteiger charge is -2.19. The van der Waals surface area contributed by atoms with Crippen molar-refractivity contribution < 1.29 is 18.3 Å². The fraction of sp³-hybridized carbons (Fsp3) is 0.125. The minimum atomic E-state index is -3.57. The molecule has 1 aliphatic rings. The molecule has 3 N–H and O–H groups in total. The first-order valence-electron chi connectivity index (χ1n) is 4.11. The first-order chi connectivity index (χ1) is 7.00. The third-order valence-electron chi connectivity index (χ3n) is 2.06. The smallest absolute Gasteiger partial charge is 0.335 e. The number of sulfonamides is 1. The Kier molecular flexibility index (Phi) is 2.13. The Morgan fingerprint density at radius 2 is 2.13 bits per heavy atom. The maximum atomic E-state index is 11.5. The summed E-state index contributed by atoms with van der Waals surface area (Å²) in [5.74, 6) is -1.15. The van der Waals surface area contributed by atoms with E-state index < -0.39 is 16.0 Å². The molecule has 2 rings (SSSR count). The third-order valence-corrected chi connectivity index (χ3v) is 3.50. The van der Waals surface area contributed by atoms with Crippen LogP contribution in [0.2, 0.25) is 0 Å². The topological polar surface area (TPSA) is 95.5 Å². The molecule has 80 valence electrons. The number of nitrogens with one attached hydrogen (secondary N) is 2. The Morgan fingerprint density at radius 3 is 2.80 bits per heavy atom. The van der Waals surface area contributed by atoms with E-state index in [0.29, 0.717) is 5.69 Å². The lowest BCUT2D eigenvalue weighted by Crippen LogP contribution is -2.34. The highest BCUT2D eigenvalue weighted by molar-refractivity contribution is 7.89. The van der Waals surface area contributed by atoms with Crippen LogP contribution in [-0.4, -0.2) is 26.2 Å². The van der Waals surface area contributed by atoms with E-state index >= 15 is 0 Å². The van der Waals surface area contributed by atoms with E-state index in [2.05, 4.69) is 10.0 Å². The monoisotopic (exact) mass is 228 g/mol. The van der Waals surface area contributed by atoms with Gasteiger partial charge in [-0.3, -0.25) is 0 Å². The number of hydrogen-bond acceptors (Lipinski definition) is 4. The van der Waals surface area contributed by atoms with Crippen LogP contribution in [0.15, 0.2) is 23.1 Å². The second kappa shape index (κ2) is 3.21. The first-order valence-corrected chi connectivity index (χ1v) is 5.60. The van der Waals surface area contributed by atoms with Gasteiger partial charge in [-0.1, -0.05) is 0 Å². The lowest BCUT2D eigenvalue weighted by atomic mass is 10.2. The zero-order chi connectivity index (χ0) is 11.1. The summed E-state index contributed by atoms with van der Waals surface area (Å²) < 4.78 is 25.3. The molecule has 0 fully saturated rings. The number of rotatable bonds is 1. The zero-order valence-corrected chi connectivity index (χ0v) is 8.34. The van der Waals surface area contributed by atoms with Crippen LogP contribution in [0.1, 0.15) is 10.4 Å². The van der Waals surface area contributed by atoms with E-state index in [1.807, 2.05) is 0 Å². The summed E-state index contributed by atoms with van der Waals surface area (Å²) in [6.07, 6.45) is 0. The van der Waals surface area contributed by atoms with Gasteiger partial charge in [0.2, 0.25) is 10.0 Å². The molecular weight excluding hydrogens is 220 g/mol. The molecule has 6 nitrogen and oxygen atoms in total. The minimum absolute atomic E-state index is 0.0337. The van der Waals surface area contributed by atoms with E-state index in [9.17, 15) is 13.2 Å². The molecule has 0 saturated carbocycles. The van der Waals surface area contributed by atoms with Gasteiger partial charge in [-0.05, 0) is 18.2 Å². The number of carboxylic acids is 1. The highest BCUT2D eigenvalue weighted by atomic mass is 32.2. The summed E-state index contributed by atoms with van der Waals surface area (Å²) in [5, 5.41) is 11.5. The predicted molar refractivity (Wildman–Crippen MR) is 52.2 cm³/mol. The van der Waals surface area contributed by atoms with Crippen LogP contribution in [0.5, 0.6) is 0 Å². The van der Waals surface area contributed by atoms with Crippen molar-refractivity contribution in [2.75, 3.05) is 12.0 Å². The Labute approximate surface area is 86.0 Å². The minimum Gasteiger partial charge on any atom is -0.478 e. The van der Waals surface area contributed by atoms with Crippen molar-refractivity contribution in [3.8, 4) is 0 Å². The quantitative estimate of drug-likeness (QED) is 0.631. The van der Waals surface area contributed by atoms with E-state index in [1.54, 1.807) is 0 Å². The van der Waals surface area contributed by atoms with Crippen LogP contribution in [0.4, 0.5) is 5.69 Å². The van der Waals surface area contributed by atoms with Gasteiger partial charge in [0.1, 0.15) is 4.90 Å². The van der Waals surface area contributed by atoms with Crippen LogP contribution in [0.3, 0.4) is 0 Å². The van der Waals surface area contributed by atoms with Crippen molar-refractivity contribution in [2.24, 2.45) is 0 Å².